The number of carbonyl (C=O) groups is 4. The smallest absolute Gasteiger partial charge is 0.462 e. The van der Waals surface area contributed by atoms with Crippen LogP contribution >= 0.6 is 15.6 Å². The minimum atomic E-state index is -4.95. The van der Waals surface area contributed by atoms with Crippen LogP contribution in [0.2, 0.25) is 0 Å². The molecule has 522 valence electrons. The van der Waals surface area contributed by atoms with Gasteiger partial charge in [-0.3, -0.25) is 37.3 Å². The number of unbranched alkanes of at least 4 members (excludes halogenated alkanes) is 38. The number of ether oxygens (including phenoxy) is 4. The van der Waals surface area contributed by atoms with Gasteiger partial charge in [0.15, 0.2) is 12.2 Å². The van der Waals surface area contributed by atoms with E-state index < -0.39 is 97.5 Å². The van der Waals surface area contributed by atoms with Crippen LogP contribution in [0.5, 0.6) is 0 Å². The summed E-state index contributed by atoms with van der Waals surface area (Å²) in [5.74, 6) is -0.649. The molecule has 0 aliphatic rings. The minimum absolute atomic E-state index is 0.103. The van der Waals surface area contributed by atoms with Crippen molar-refractivity contribution in [2.24, 2.45) is 11.8 Å². The first kappa shape index (κ1) is 86.1. The largest absolute Gasteiger partial charge is 0.472 e. The number of phosphoric acid groups is 2. The van der Waals surface area contributed by atoms with E-state index in [1.807, 2.05) is 0 Å². The van der Waals surface area contributed by atoms with E-state index in [-0.39, 0.29) is 25.7 Å². The van der Waals surface area contributed by atoms with E-state index in [4.69, 9.17) is 37.0 Å². The molecule has 19 heteroatoms. The Morgan fingerprint density at radius 3 is 0.773 bits per heavy atom. The molecule has 0 aromatic carbocycles. The van der Waals surface area contributed by atoms with Crippen molar-refractivity contribution in [3.8, 4) is 0 Å². The molecule has 0 radical (unpaired) electrons. The van der Waals surface area contributed by atoms with Gasteiger partial charge >= 0.3 is 39.5 Å². The van der Waals surface area contributed by atoms with Gasteiger partial charge in [0.25, 0.3) is 0 Å². The third kappa shape index (κ3) is 62.8. The predicted molar refractivity (Wildman–Crippen MR) is 354 cm³/mol. The van der Waals surface area contributed by atoms with Gasteiger partial charge in [-0.15, -0.1) is 0 Å². The molecule has 0 saturated heterocycles. The quantitative estimate of drug-likeness (QED) is 0.0222. The van der Waals surface area contributed by atoms with Gasteiger partial charge in [0.2, 0.25) is 0 Å². The fraction of sp³-hybridized carbons (Fsp3) is 0.942. The van der Waals surface area contributed by atoms with Gasteiger partial charge in [-0.2, -0.15) is 0 Å². The van der Waals surface area contributed by atoms with Gasteiger partial charge in [-0.1, -0.05) is 298 Å². The summed E-state index contributed by atoms with van der Waals surface area (Å²) in [6.07, 6.45) is 46.0. The van der Waals surface area contributed by atoms with E-state index in [0.29, 0.717) is 31.6 Å². The van der Waals surface area contributed by atoms with Gasteiger partial charge in [0.1, 0.15) is 19.3 Å². The molecule has 17 nitrogen and oxygen atoms in total. The number of aliphatic hydroxyl groups is 1. The lowest BCUT2D eigenvalue weighted by atomic mass is 10.0. The zero-order chi connectivity index (χ0) is 65.0. The van der Waals surface area contributed by atoms with Gasteiger partial charge in [-0.25, -0.2) is 9.13 Å². The maximum atomic E-state index is 13.0. The van der Waals surface area contributed by atoms with Gasteiger partial charge in [-0.05, 0) is 37.5 Å². The molecule has 88 heavy (non-hydrogen) atoms. The summed E-state index contributed by atoms with van der Waals surface area (Å²) in [5.41, 5.74) is 0. The number of phosphoric ester groups is 2. The molecule has 0 aromatic rings. The van der Waals surface area contributed by atoms with Crippen LogP contribution in [0.3, 0.4) is 0 Å². The van der Waals surface area contributed by atoms with Crippen LogP contribution in [-0.4, -0.2) is 96.7 Å². The molecular weight excluding hydrogens is 1160 g/mol. The maximum absolute atomic E-state index is 13.0. The van der Waals surface area contributed by atoms with Crippen molar-refractivity contribution >= 4 is 39.5 Å². The second-order valence-electron chi connectivity index (χ2n) is 25.9. The van der Waals surface area contributed by atoms with Gasteiger partial charge < -0.3 is 33.8 Å². The van der Waals surface area contributed by atoms with Crippen molar-refractivity contribution in [3.05, 3.63) is 0 Å². The lowest BCUT2D eigenvalue weighted by molar-refractivity contribution is -0.161. The van der Waals surface area contributed by atoms with Crippen molar-refractivity contribution in [1.29, 1.82) is 0 Å². The van der Waals surface area contributed by atoms with Crippen LogP contribution in [0, 0.1) is 11.8 Å². The van der Waals surface area contributed by atoms with Crippen LogP contribution in [0.1, 0.15) is 350 Å². The summed E-state index contributed by atoms with van der Waals surface area (Å²) in [6.45, 7) is 9.45. The third-order valence-corrected chi connectivity index (χ3v) is 17.9. The molecule has 0 amide bonds. The summed E-state index contributed by atoms with van der Waals surface area (Å²) in [6, 6.07) is 0. The third-order valence-electron chi connectivity index (χ3n) is 16.0. The van der Waals surface area contributed by atoms with E-state index in [9.17, 15) is 43.2 Å². The topological polar surface area (TPSA) is 237 Å². The van der Waals surface area contributed by atoms with E-state index in [1.165, 1.54) is 154 Å². The summed E-state index contributed by atoms with van der Waals surface area (Å²) in [4.78, 5) is 72.3. The molecule has 2 unspecified atom stereocenters. The lowest BCUT2D eigenvalue weighted by Crippen LogP contribution is -2.30. The zero-order valence-electron chi connectivity index (χ0n) is 57.0. The first-order chi connectivity index (χ1) is 42.4. The molecule has 0 spiro atoms. The number of hydrogen-bond donors (Lipinski definition) is 3. The monoisotopic (exact) mass is 1300 g/mol. The Bertz CT molecular complexity index is 1720. The Morgan fingerprint density at radius 1 is 0.307 bits per heavy atom. The molecule has 0 heterocycles. The predicted octanol–water partition coefficient (Wildman–Crippen LogP) is 19.6. The fourth-order valence-electron chi connectivity index (χ4n) is 10.4. The zero-order valence-corrected chi connectivity index (χ0v) is 58.8. The summed E-state index contributed by atoms with van der Waals surface area (Å²) < 4.78 is 68.1. The number of carbonyl (C=O) groups excluding carboxylic acids is 4. The van der Waals surface area contributed by atoms with E-state index in [0.717, 1.165) is 109 Å². The van der Waals surface area contributed by atoms with Crippen LogP contribution in [0.25, 0.3) is 0 Å². The summed E-state index contributed by atoms with van der Waals surface area (Å²) in [7, 11) is -9.89. The number of rotatable bonds is 68. The molecule has 3 N–H and O–H groups in total. The molecule has 0 aliphatic carbocycles. The molecule has 5 atom stereocenters. The number of esters is 4. The van der Waals surface area contributed by atoms with Crippen molar-refractivity contribution < 1.29 is 80.2 Å². The van der Waals surface area contributed by atoms with Crippen molar-refractivity contribution in [3.63, 3.8) is 0 Å². The normalized spacial score (nSPS) is 14.2. The Kier molecular flexibility index (Phi) is 59.9. The van der Waals surface area contributed by atoms with E-state index in [1.54, 1.807) is 0 Å². The second kappa shape index (κ2) is 61.3. The van der Waals surface area contributed by atoms with E-state index in [2.05, 4.69) is 41.5 Å². The minimum Gasteiger partial charge on any atom is -0.462 e. The van der Waals surface area contributed by atoms with Crippen molar-refractivity contribution in [2.45, 2.75) is 368 Å². The Balaban J connectivity index is 5.20. The SMILES string of the molecule is CCCCCCCCCCCCCCCCCC(=O)OC[C@H](COP(=O)(O)OC[C@@H](O)COP(=O)(O)OC[C@@H](COC(=O)CCCCCCCCC)OC(=O)CCCCCCCCCC(C)C)OC(=O)CCCCCCCCCCCCCCCC(C)C. The Hall–Kier alpha value is -1.94. The Labute approximate surface area is 537 Å². The first-order valence-electron chi connectivity index (χ1n) is 36.0. The highest BCUT2D eigenvalue weighted by molar-refractivity contribution is 7.47. The lowest BCUT2D eigenvalue weighted by Gasteiger charge is -2.21. The molecule has 0 fully saturated rings. The fourth-order valence-corrected chi connectivity index (χ4v) is 12.0. The molecule has 0 aliphatic heterocycles. The van der Waals surface area contributed by atoms with Crippen LogP contribution < -0.4 is 0 Å². The first-order valence-corrected chi connectivity index (χ1v) is 39.0. The summed E-state index contributed by atoms with van der Waals surface area (Å²) >= 11 is 0. The van der Waals surface area contributed by atoms with Crippen LogP contribution in [0.4, 0.5) is 0 Å². The van der Waals surface area contributed by atoms with Crippen molar-refractivity contribution in [1.82, 2.24) is 0 Å². The van der Waals surface area contributed by atoms with Gasteiger partial charge in [0.05, 0.1) is 26.4 Å². The standard InChI is InChI=1S/C69H134O17P2/c1-7-9-11-13-15-16-17-18-19-22-25-28-34-40-46-52-67(72)80-58-65(85-68(73)53-47-41-35-29-26-23-20-21-24-27-32-37-43-49-61(3)4)60-84-88(77,78)82-56-63(70)55-81-87(75,76)83-59-64(57-79-66(71)51-45-39-31-14-12-10-8-2)86-69(74)54-48-42-36-30-33-38-44-50-62(5)6/h61-65,70H,7-60H2,1-6H3,(H,75,76)(H,77,78)/t63-,64+,65+/m0/s1. The molecule has 0 rings (SSSR count). The highest BCUT2D eigenvalue weighted by Gasteiger charge is 2.30. The highest BCUT2D eigenvalue weighted by atomic mass is 31.2. The maximum Gasteiger partial charge on any atom is 0.472 e. The van der Waals surface area contributed by atoms with E-state index >= 15 is 0 Å². The molecule has 0 saturated carbocycles. The highest BCUT2D eigenvalue weighted by Crippen LogP contribution is 2.45. The summed E-state index contributed by atoms with van der Waals surface area (Å²) in [5, 5.41) is 10.6. The molecular formula is C69H134O17P2. The Morgan fingerprint density at radius 2 is 0.523 bits per heavy atom. The van der Waals surface area contributed by atoms with Crippen molar-refractivity contribution in [2.75, 3.05) is 39.6 Å². The molecule has 0 aromatic heterocycles. The second-order valence-corrected chi connectivity index (χ2v) is 28.8. The van der Waals surface area contributed by atoms with Crippen LogP contribution in [-0.2, 0) is 65.4 Å². The number of hydrogen-bond acceptors (Lipinski definition) is 15. The van der Waals surface area contributed by atoms with Crippen LogP contribution in [0.15, 0.2) is 0 Å². The molecule has 0 bridgehead atoms. The number of aliphatic hydroxyl groups excluding tert-OH is 1. The average molecular weight is 1300 g/mol. The van der Waals surface area contributed by atoms with Gasteiger partial charge in [0, 0.05) is 25.7 Å². The average Bonchev–Trinajstić information content (AvgIpc) is 3.55.